The smallest absolute Gasteiger partial charge is 0.254 e. The number of methoxy groups -OCH3 is 1. The number of rotatable bonds is 4. The minimum Gasteiger partial charge on any atom is -0.496 e. The second-order valence-corrected chi connectivity index (χ2v) is 8.96. The van der Waals surface area contributed by atoms with E-state index in [9.17, 15) is 9.59 Å². The third kappa shape index (κ3) is 3.68. The van der Waals surface area contributed by atoms with Gasteiger partial charge in [0, 0.05) is 17.7 Å². The SMILES string of the molecule is CCCC1C(=O)N2CCc3c(OC)cccc3C2C(C)N1C(=O)c1ccc(Cl)c(Cl)c1. The second kappa shape index (κ2) is 8.71. The van der Waals surface area contributed by atoms with Crippen LogP contribution in [0.3, 0.4) is 0 Å². The van der Waals surface area contributed by atoms with E-state index in [-0.39, 0.29) is 23.9 Å². The van der Waals surface area contributed by atoms with E-state index in [4.69, 9.17) is 27.9 Å². The lowest BCUT2D eigenvalue weighted by atomic mass is 9.83. The molecule has 7 heteroatoms. The first kappa shape index (κ1) is 22.0. The summed E-state index contributed by atoms with van der Waals surface area (Å²) in [6.45, 7) is 4.68. The average Bonchev–Trinajstić information content (AvgIpc) is 2.77. The highest BCUT2D eigenvalue weighted by Gasteiger charge is 2.49. The van der Waals surface area contributed by atoms with Crippen molar-refractivity contribution in [3.8, 4) is 5.75 Å². The third-order valence-electron chi connectivity index (χ3n) is 6.41. The summed E-state index contributed by atoms with van der Waals surface area (Å²) in [6, 6.07) is 9.89. The Balaban J connectivity index is 1.79. The Morgan fingerprint density at radius 3 is 2.65 bits per heavy atom. The van der Waals surface area contributed by atoms with Crippen LogP contribution < -0.4 is 4.74 Å². The molecular formula is C24H26Cl2N2O3. The molecule has 2 amide bonds. The van der Waals surface area contributed by atoms with Gasteiger partial charge in [-0.15, -0.1) is 0 Å². The Morgan fingerprint density at radius 2 is 1.97 bits per heavy atom. The van der Waals surface area contributed by atoms with Crippen molar-refractivity contribution in [3.63, 3.8) is 0 Å². The predicted octanol–water partition coefficient (Wildman–Crippen LogP) is 5.14. The van der Waals surface area contributed by atoms with Crippen molar-refractivity contribution >= 4 is 35.0 Å². The number of benzene rings is 2. The van der Waals surface area contributed by atoms with Crippen LogP contribution in [0.1, 0.15) is 54.2 Å². The third-order valence-corrected chi connectivity index (χ3v) is 7.15. The highest BCUT2D eigenvalue weighted by atomic mass is 35.5. The van der Waals surface area contributed by atoms with Crippen LogP contribution in [0, 0.1) is 0 Å². The van der Waals surface area contributed by atoms with Crippen molar-refractivity contribution in [1.29, 1.82) is 0 Å². The van der Waals surface area contributed by atoms with Gasteiger partial charge in [0.05, 0.1) is 29.2 Å². The molecule has 2 aromatic carbocycles. The van der Waals surface area contributed by atoms with E-state index in [1.807, 2.05) is 36.9 Å². The number of nitrogens with zero attached hydrogens (tertiary/aromatic N) is 2. The van der Waals surface area contributed by atoms with Gasteiger partial charge in [-0.2, -0.15) is 0 Å². The van der Waals surface area contributed by atoms with Crippen LogP contribution in [-0.4, -0.2) is 47.4 Å². The van der Waals surface area contributed by atoms with Gasteiger partial charge in [0.1, 0.15) is 11.8 Å². The molecule has 5 nitrogen and oxygen atoms in total. The van der Waals surface area contributed by atoms with Crippen molar-refractivity contribution < 1.29 is 14.3 Å². The van der Waals surface area contributed by atoms with E-state index in [2.05, 4.69) is 0 Å². The molecule has 1 saturated heterocycles. The van der Waals surface area contributed by atoms with Gasteiger partial charge < -0.3 is 14.5 Å². The fourth-order valence-electron chi connectivity index (χ4n) is 5.01. The molecule has 2 aliphatic rings. The van der Waals surface area contributed by atoms with Crippen LogP contribution >= 0.6 is 23.2 Å². The molecule has 4 rings (SSSR count). The topological polar surface area (TPSA) is 49.9 Å². The molecule has 2 aromatic rings. The summed E-state index contributed by atoms with van der Waals surface area (Å²) in [5.41, 5.74) is 2.60. The Kier molecular flexibility index (Phi) is 6.18. The Morgan fingerprint density at radius 1 is 1.19 bits per heavy atom. The summed E-state index contributed by atoms with van der Waals surface area (Å²) in [4.78, 5) is 30.9. The van der Waals surface area contributed by atoms with Crippen molar-refractivity contribution in [3.05, 3.63) is 63.1 Å². The quantitative estimate of drug-likeness (QED) is 0.634. The zero-order valence-electron chi connectivity index (χ0n) is 17.9. The van der Waals surface area contributed by atoms with Gasteiger partial charge in [0.25, 0.3) is 5.91 Å². The largest absolute Gasteiger partial charge is 0.496 e. The summed E-state index contributed by atoms with van der Waals surface area (Å²) in [5.74, 6) is 0.634. The standard InChI is InChI=1S/C24H26Cl2N2O3/c1-4-6-20-24(30)27-12-11-16-17(7-5-8-21(16)31-3)22(27)14(2)28(20)23(29)15-9-10-18(25)19(26)13-15/h5,7-10,13-14,20,22H,4,6,11-12H2,1-3H3. The molecular weight excluding hydrogens is 435 g/mol. The molecule has 0 saturated carbocycles. The summed E-state index contributed by atoms with van der Waals surface area (Å²) in [7, 11) is 1.66. The zero-order valence-corrected chi connectivity index (χ0v) is 19.4. The number of carbonyl (C=O) groups is 2. The van der Waals surface area contributed by atoms with Gasteiger partial charge >= 0.3 is 0 Å². The maximum atomic E-state index is 13.6. The van der Waals surface area contributed by atoms with Crippen molar-refractivity contribution in [2.45, 2.75) is 51.2 Å². The van der Waals surface area contributed by atoms with Gasteiger partial charge in [-0.05, 0) is 49.6 Å². The maximum absolute atomic E-state index is 13.6. The van der Waals surface area contributed by atoms with E-state index in [0.717, 1.165) is 29.7 Å². The zero-order chi connectivity index (χ0) is 22.3. The van der Waals surface area contributed by atoms with Crippen molar-refractivity contribution in [2.75, 3.05) is 13.7 Å². The summed E-state index contributed by atoms with van der Waals surface area (Å²) < 4.78 is 5.57. The lowest BCUT2D eigenvalue weighted by Crippen LogP contribution is -2.64. The predicted molar refractivity (Wildman–Crippen MR) is 122 cm³/mol. The second-order valence-electron chi connectivity index (χ2n) is 8.14. The Labute approximate surface area is 192 Å². The van der Waals surface area contributed by atoms with Crippen LogP contribution in [0.15, 0.2) is 36.4 Å². The molecule has 0 spiro atoms. The van der Waals surface area contributed by atoms with Gasteiger partial charge in [-0.1, -0.05) is 48.7 Å². The summed E-state index contributed by atoms with van der Waals surface area (Å²) in [6.07, 6.45) is 2.16. The highest BCUT2D eigenvalue weighted by Crippen LogP contribution is 2.43. The van der Waals surface area contributed by atoms with Crippen LogP contribution in [0.5, 0.6) is 5.75 Å². The minimum absolute atomic E-state index is 0.00632. The fraction of sp³-hybridized carbons (Fsp3) is 0.417. The minimum atomic E-state index is -0.495. The van der Waals surface area contributed by atoms with Gasteiger partial charge in [-0.3, -0.25) is 9.59 Å². The number of hydrogen-bond acceptors (Lipinski definition) is 3. The Bertz CT molecular complexity index is 1030. The van der Waals surface area contributed by atoms with Crippen LogP contribution in [-0.2, 0) is 11.2 Å². The van der Waals surface area contributed by atoms with E-state index in [1.165, 1.54) is 0 Å². The van der Waals surface area contributed by atoms with E-state index < -0.39 is 6.04 Å². The first-order valence-electron chi connectivity index (χ1n) is 10.6. The Hall–Kier alpha value is -2.24. The van der Waals surface area contributed by atoms with Crippen LogP contribution in [0.2, 0.25) is 10.0 Å². The molecule has 2 aliphatic heterocycles. The number of piperazine rings is 1. The first-order chi connectivity index (χ1) is 14.9. The molecule has 164 valence electrons. The average molecular weight is 461 g/mol. The van der Waals surface area contributed by atoms with Crippen molar-refractivity contribution in [1.82, 2.24) is 9.80 Å². The van der Waals surface area contributed by atoms with Gasteiger partial charge in [-0.25, -0.2) is 0 Å². The first-order valence-corrected chi connectivity index (χ1v) is 11.4. The van der Waals surface area contributed by atoms with Crippen LogP contribution in [0.25, 0.3) is 0 Å². The van der Waals surface area contributed by atoms with E-state index in [1.54, 1.807) is 30.2 Å². The molecule has 3 atom stereocenters. The summed E-state index contributed by atoms with van der Waals surface area (Å²) >= 11 is 12.2. The molecule has 0 bridgehead atoms. The number of amides is 2. The molecule has 0 aliphatic carbocycles. The number of ether oxygens (including phenoxy) is 1. The molecule has 2 heterocycles. The van der Waals surface area contributed by atoms with E-state index >= 15 is 0 Å². The fourth-order valence-corrected chi connectivity index (χ4v) is 5.31. The number of carbonyl (C=O) groups excluding carboxylic acids is 2. The maximum Gasteiger partial charge on any atom is 0.254 e. The monoisotopic (exact) mass is 460 g/mol. The van der Waals surface area contributed by atoms with Gasteiger partial charge in [0.2, 0.25) is 5.91 Å². The molecule has 3 unspecified atom stereocenters. The number of halogens is 2. The summed E-state index contributed by atoms with van der Waals surface area (Å²) in [5, 5.41) is 0.718. The van der Waals surface area contributed by atoms with Gasteiger partial charge in [0.15, 0.2) is 0 Å². The lowest BCUT2D eigenvalue weighted by Gasteiger charge is -2.52. The molecule has 31 heavy (non-hydrogen) atoms. The number of hydrogen-bond donors (Lipinski definition) is 0. The van der Waals surface area contributed by atoms with E-state index in [0.29, 0.717) is 28.6 Å². The lowest BCUT2D eigenvalue weighted by molar-refractivity contribution is -0.149. The molecule has 0 aromatic heterocycles. The highest BCUT2D eigenvalue weighted by molar-refractivity contribution is 6.42. The molecule has 1 fully saturated rings. The normalized spacial score (nSPS) is 22.7. The molecule has 0 N–H and O–H groups in total. The van der Waals surface area contributed by atoms with Crippen LogP contribution in [0.4, 0.5) is 0 Å². The van der Waals surface area contributed by atoms with Crippen molar-refractivity contribution in [2.24, 2.45) is 0 Å². The molecule has 0 radical (unpaired) electrons. The number of fused-ring (bicyclic) bond motifs is 3.